The Morgan fingerprint density at radius 3 is 1.36 bits per heavy atom. The van der Waals surface area contributed by atoms with Gasteiger partial charge in [-0.25, -0.2) is 0 Å². The molecule has 0 spiro atoms. The number of benzene rings is 2. The largest absolute Gasteiger partial charge is 0.469 e. The summed E-state index contributed by atoms with van der Waals surface area (Å²) in [4.78, 5) is 60.1. The van der Waals surface area contributed by atoms with Crippen LogP contribution < -0.4 is 21.8 Å². The average Bonchev–Trinajstić information content (AvgIpc) is 3.96. The minimum absolute atomic E-state index is 0.163. The SMILES string of the molecule is Cc1nc2ccn(Cc3ccccc3)c(=O)c2cc1C(=O)NCCc1ccco1.Cc1nc2ccn(Cc3ccccc3)c(=O)c2cc1C(=O)NCCc1ccco1. The summed E-state index contributed by atoms with van der Waals surface area (Å²) in [6.45, 7) is 5.36. The molecule has 0 atom stereocenters. The molecule has 0 saturated heterocycles. The number of aryl methyl sites for hydroxylation is 2. The number of nitrogens with one attached hydrogen (secondary N) is 2. The highest BCUT2D eigenvalue weighted by Gasteiger charge is 2.16. The van der Waals surface area contributed by atoms with Crippen LogP contribution in [-0.2, 0) is 25.9 Å². The second-order valence-electron chi connectivity index (χ2n) is 13.7. The molecule has 12 nitrogen and oxygen atoms in total. The quantitative estimate of drug-likeness (QED) is 0.140. The summed E-state index contributed by atoms with van der Waals surface area (Å²) < 4.78 is 13.8. The van der Waals surface area contributed by atoms with E-state index in [0.717, 1.165) is 22.6 Å². The maximum atomic E-state index is 13.0. The zero-order chi connectivity index (χ0) is 40.4. The van der Waals surface area contributed by atoms with E-state index in [1.54, 1.807) is 60.0 Å². The van der Waals surface area contributed by atoms with Gasteiger partial charge in [-0.3, -0.25) is 29.1 Å². The molecule has 2 aromatic carbocycles. The molecule has 0 saturated carbocycles. The summed E-state index contributed by atoms with van der Waals surface area (Å²) in [5, 5.41) is 6.61. The Hall–Kier alpha value is -7.34. The van der Waals surface area contributed by atoms with Crippen LogP contribution in [-0.4, -0.2) is 44.0 Å². The maximum Gasteiger partial charge on any atom is 0.260 e. The molecule has 8 aromatic rings. The molecule has 12 heteroatoms. The topological polar surface area (TPSA) is 154 Å². The van der Waals surface area contributed by atoms with Crippen LogP contribution in [0.1, 0.15) is 54.8 Å². The van der Waals surface area contributed by atoms with Crippen LogP contribution in [0.4, 0.5) is 0 Å². The Kier molecular flexibility index (Phi) is 12.1. The number of rotatable bonds is 12. The van der Waals surface area contributed by atoms with Crippen LogP contribution in [0.5, 0.6) is 0 Å². The van der Waals surface area contributed by atoms with E-state index >= 15 is 0 Å². The first-order chi connectivity index (χ1) is 28.2. The van der Waals surface area contributed by atoms with Crippen LogP contribution in [0.15, 0.2) is 153 Å². The first-order valence-corrected chi connectivity index (χ1v) is 18.9. The number of pyridine rings is 4. The lowest BCUT2D eigenvalue weighted by Crippen LogP contribution is -2.27. The van der Waals surface area contributed by atoms with Crippen molar-refractivity contribution in [1.29, 1.82) is 0 Å². The number of hydrogen-bond donors (Lipinski definition) is 2. The van der Waals surface area contributed by atoms with Crippen LogP contribution >= 0.6 is 0 Å². The van der Waals surface area contributed by atoms with E-state index in [1.165, 1.54) is 0 Å². The minimum Gasteiger partial charge on any atom is -0.469 e. The molecular weight excluding hydrogens is 733 g/mol. The lowest BCUT2D eigenvalue weighted by atomic mass is 10.1. The number of nitrogens with zero attached hydrogens (tertiary/aromatic N) is 4. The van der Waals surface area contributed by atoms with E-state index in [0.29, 0.717) is 83.3 Å². The molecule has 0 unspecified atom stereocenters. The van der Waals surface area contributed by atoms with Crippen molar-refractivity contribution in [2.24, 2.45) is 0 Å². The van der Waals surface area contributed by atoms with Gasteiger partial charge in [-0.1, -0.05) is 60.7 Å². The zero-order valence-corrected chi connectivity index (χ0v) is 32.2. The average molecular weight is 775 g/mol. The Morgan fingerprint density at radius 1 is 0.569 bits per heavy atom. The van der Waals surface area contributed by atoms with E-state index < -0.39 is 0 Å². The van der Waals surface area contributed by atoms with Gasteiger partial charge < -0.3 is 28.6 Å². The van der Waals surface area contributed by atoms with Crippen LogP contribution in [0.25, 0.3) is 21.8 Å². The van der Waals surface area contributed by atoms with Gasteiger partial charge >= 0.3 is 0 Å². The van der Waals surface area contributed by atoms with Crippen LogP contribution in [0, 0.1) is 13.8 Å². The second kappa shape index (κ2) is 18.1. The fraction of sp³-hybridized carbons (Fsp3) is 0.174. The molecule has 6 heterocycles. The molecular formula is C46H42N6O6. The molecule has 0 fully saturated rings. The van der Waals surface area contributed by atoms with Crippen molar-refractivity contribution in [2.45, 2.75) is 39.8 Å². The summed E-state index contributed by atoms with van der Waals surface area (Å²) in [5.41, 5.74) is 4.91. The van der Waals surface area contributed by atoms with Gasteiger partial charge in [0.2, 0.25) is 0 Å². The molecule has 292 valence electrons. The van der Waals surface area contributed by atoms with E-state index in [2.05, 4.69) is 20.6 Å². The zero-order valence-electron chi connectivity index (χ0n) is 32.2. The van der Waals surface area contributed by atoms with Crippen LogP contribution in [0.3, 0.4) is 0 Å². The molecule has 58 heavy (non-hydrogen) atoms. The van der Waals surface area contributed by atoms with Crippen molar-refractivity contribution >= 4 is 33.6 Å². The number of carbonyl (C=O) groups is 2. The van der Waals surface area contributed by atoms with E-state index in [4.69, 9.17) is 8.83 Å². The summed E-state index contributed by atoms with van der Waals surface area (Å²) in [7, 11) is 0. The van der Waals surface area contributed by atoms with Gasteiger partial charge in [0, 0.05) is 38.3 Å². The van der Waals surface area contributed by atoms with Gasteiger partial charge in [0.25, 0.3) is 22.9 Å². The first kappa shape index (κ1) is 38.9. The fourth-order valence-corrected chi connectivity index (χ4v) is 6.58. The molecule has 0 aliphatic heterocycles. The molecule has 2 amide bonds. The van der Waals surface area contributed by atoms with E-state index in [9.17, 15) is 19.2 Å². The number of furan rings is 2. The van der Waals surface area contributed by atoms with Crippen molar-refractivity contribution in [3.05, 3.63) is 200 Å². The van der Waals surface area contributed by atoms with Crippen LogP contribution in [0.2, 0.25) is 0 Å². The van der Waals surface area contributed by atoms with Crippen molar-refractivity contribution in [1.82, 2.24) is 29.7 Å². The molecule has 2 N–H and O–H groups in total. The van der Waals surface area contributed by atoms with Gasteiger partial charge in [0.05, 0.1) is 69.9 Å². The van der Waals surface area contributed by atoms with Crippen molar-refractivity contribution in [2.75, 3.05) is 13.1 Å². The molecule has 0 bridgehead atoms. The van der Waals surface area contributed by atoms with Gasteiger partial charge in [-0.15, -0.1) is 0 Å². The molecule has 8 rings (SSSR count). The third-order valence-electron chi connectivity index (χ3n) is 9.65. The third-order valence-corrected chi connectivity index (χ3v) is 9.65. The highest BCUT2D eigenvalue weighted by Crippen LogP contribution is 2.16. The maximum absolute atomic E-state index is 13.0. The highest BCUT2D eigenvalue weighted by atomic mass is 16.3. The molecule has 0 aliphatic rings. The first-order valence-electron chi connectivity index (χ1n) is 18.9. The number of carbonyl (C=O) groups excluding carboxylic acids is 2. The summed E-state index contributed by atoms with van der Waals surface area (Å²) >= 11 is 0. The van der Waals surface area contributed by atoms with E-state index in [-0.39, 0.29) is 22.9 Å². The van der Waals surface area contributed by atoms with Gasteiger partial charge in [-0.2, -0.15) is 0 Å². The monoisotopic (exact) mass is 774 g/mol. The molecule has 6 aromatic heterocycles. The summed E-state index contributed by atoms with van der Waals surface area (Å²) in [5.74, 6) is 1.12. The van der Waals surface area contributed by atoms with E-state index in [1.807, 2.05) is 97.1 Å². The molecule has 0 aliphatic carbocycles. The third kappa shape index (κ3) is 9.36. The predicted molar refractivity (Wildman–Crippen MR) is 222 cm³/mol. The number of aromatic nitrogens is 4. The normalized spacial score (nSPS) is 10.9. The van der Waals surface area contributed by atoms with Crippen molar-refractivity contribution < 1.29 is 18.4 Å². The Balaban J connectivity index is 0.000000177. The summed E-state index contributed by atoms with van der Waals surface area (Å²) in [6, 6.07) is 33.8. The van der Waals surface area contributed by atoms with Gasteiger partial charge in [-0.05, 0) is 73.5 Å². The number of hydrogen-bond acceptors (Lipinski definition) is 8. The lowest BCUT2D eigenvalue weighted by Gasteiger charge is -2.10. The number of fused-ring (bicyclic) bond motifs is 2. The number of amides is 2. The fourth-order valence-electron chi connectivity index (χ4n) is 6.58. The summed E-state index contributed by atoms with van der Waals surface area (Å²) in [6.07, 6.45) is 7.90. The smallest absolute Gasteiger partial charge is 0.260 e. The predicted octanol–water partition coefficient (Wildman–Crippen LogP) is 6.64. The minimum atomic E-state index is -0.249. The highest BCUT2D eigenvalue weighted by molar-refractivity contribution is 5.99. The Bertz CT molecular complexity index is 2580. The standard InChI is InChI=1S/2C23H21N3O3/c2*1-16-19(22(27)24-11-9-18-8-5-13-29-18)14-20-21(25-16)10-12-26(23(20)28)15-17-6-3-2-4-7-17/h2*2-8,10,12-14H,9,11,15H2,1H3,(H,24,27). The Morgan fingerprint density at radius 2 is 0.983 bits per heavy atom. The van der Waals surface area contributed by atoms with Crippen molar-refractivity contribution in [3.8, 4) is 0 Å². The van der Waals surface area contributed by atoms with Crippen molar-refractivity contribution in [3.63, 3.8) is 0 Å². The lowest BCUT2D eigenvalue weighted by molar-refractivity contribution is 0.0944. The molecule has 0 radical (unpaired) electrons. The Labute approximate surface area is 333 Å². The van der Waals surface area contributed by atoms with Gasteiger partial charge in [0.1, 0.15) is 11.5 Å². The second-order valence-corrected chi connectivity index (χ2v) is 13.7. The van der Waals surface area contributed by atoms with Gasteiger partial charge in [0.15, 0.2) is 0 Å².